The normalized spacial score (nSPS) is 26.8. The molecule has 0 bridgehead atoms. The summed E-state index contributed by atoms with van der Waals surface area (Å²) in [5.74, 6) is 0.104. The number of amides is 3. The maximum absolute atomic E-state index is 12.4. The van der Waals surface area contributed by atoms with Crippen LogP contribution in [0.25, 0.3) is 0 Å². The summed E-state index contributed by atoms with van der Waals surface area (Å²) in [6.45, 7) is 3.77. The van der Waals surface area contributed by atoms with Gasteiger partial charge in [-0.15, -0.1) is 0 Å². The summed E-state index contributed by atoms with van der Waals surface area (Å²) in [5.41, 5.74) is 1.28. The summed E-state index contributed by atoms with van der Waals surface area (Å²) >= 11 is 0. The van der Waals surface area contributed by atoms with Gasteiger partial charge in [0.15, 0.2) is 0 Å². The first-order chi connectivity index (χ1) is 11.0. The lowest BCUT2D eigenvalue weighted by molar-refractivity contribution is -0.130. The molecule has 0 radical (unpaired) electrons. The van der Waals surface area contributed by atoms with Crippen LogP contribution < -0.4 is 0 Å². The summed E-state index contributed by atoms with van der Waals surface area (Å²) in [7, 11) is 3.55. The molecule has 1 aromatic rings. The Hall–Kier alpha value is -2.04. The molecule has 2 aliphatic heterocycles. The van der Waals surface area contributed by atoms with Gasteiger partial charge < -0.3 is 14.7 Å². The summed E-state index contributed by atoms with van der Waals surface area (Å²) in [4.78, 5) is 29.9. The molecule has 23 heavy (non-hydrogen) atoms. The van der Waals surface area contributed by atoms with Crippen LogP contribution in [0.4, 0.5) is 4.79 Å². The fourth-order valence-corrected chi connectivity index (χ4v) is 4.22. The zero-order chi connectivity index (χ0) is 16.6. The van der Waals surface area contributed by atoms with Crippen molar-refractivity contribution in [3.63, 3.8) is 0 Å². The van der Waals surface area contributed by atoms with E-state index in [4.69, 9.17) is 0 Å². The minimum atomic E-state index is -0.0178. The second-order valence-corrected chi connectivity index (χ2v) is 6.87. The molecule has 2 saturated heterocycles. The minimum absolute atomic E-state index is 0.0178. The monoisotopic (exact) mass is 315 g/mol. The van der Waals surface area contributed by atoms with E-state index < -0.39 is 0 Å². The van der Waals surface area contributed by atoms with Gasteiger partial charge in [0.2, 0.25) is 5.91 Å². The van der Waals surface area contributed by atoms with Crippen LogP contribution in [0.5, 0.6) is 0 Å². The van der Waals surface area contributed by atoms with Crippen LogP contribution in [0.3, 0.4) is 0 Å². The first-order valence-corrected chi connectivity index (χ1v) is 8.25. The van der Waals surface area contributed by atoms with Crippen molar-refractivity contribution in [1.29, 1.82) is 0 Å². The lowest BCUT2D eigenvalue weighted by Crippen LogP contribution is -2.58. The molecule has 124 valence electrons. The third kappa shape index (κ3) is 2.58. The van der Waals surface area contributed by atoms with Crippen molar-refractivity contribution in [2.24, 2.45) is 0 Å². The van der Waals surface area contributed by atoms with Crippen molar-refractivity contribution in [2.75, 3.05) is 33.7 Å². The number of urea groups is 1. The van der Waals surface area contributed by atoms with Crippen LogP contribution in [0.1, 0.15) is 25.3 Å². The number of hydrogen-bond acceptors (Lipinski definition) is 2. The molecule has 0 spiro atoms. The molecule has 2 heterocycles. The van der Waals surface area contributed by atoms with E-state index in [-0.39, 0.29) is 23.4 Å². The molecule has 3 amide bonds. The molecule has 0 N–H and O–H groups in total. The second-order valence-electron chi connectivity index (χ2n) is 6.87. The molecule has 5 nitrogen and oxygen atoms in total. The minimum Gasteiger partial charge on any atom is -0.337 e. The van der Waals surface area contributed by atoms with Crippen LogP contribution in [0.2, 0.25) is 0 Å². The van der Waals surface area contributed by atoms with E-state index in [1.54, 1.807) is 25.9 Å². The van der Waals surface area contributed by atoms with E-state index in [1.807, 2.05) is 15.9 Å². The topological polar surface area (TPSA) is 43.9 Å². The Bertz CT molecular complexity index is 602. The van der Waals surface area contributed by atoms with Gasteiger partial charge in [0.25, 0.3) is 0 Å². The van der Waals surface area contributed by atoms with Gasteiger partial charge in [0.1, 0.15) is 0 Å². The van der Waals surface area contributed by atoms with Gasteiger partial charge in [0.05, 0.1) is 6.04 Å². The van der Waals surface area contributed by atoms with Crippen LogP contribution in [0, 0.1) is 0 Å². The highest BCUT2D eigenvalue weighted by atomic mass is 16.2. The predicted octanol–water partition coefficient (Wildman–Crippen LogP) is 1.93. The average Bonchev–Trinajstić information content (AvgIpc) is 2.94. The Morgan fingerprint density at radius 1 is 1.13 bits per heavy atom. The average molecular weight is 315 g/mol. The highest BCUT2D eigenvalue weighted by molar-refractivity contribution is 5.76. The van der Waals surface area contributed by atoms with Gasteiger partial charge in [-0.3, -0.25) is 4.79 Å². The molecule has 0 saturated carbocycles. The quantitative estimate of drug-likeness (QED) is 0.795. The van der Waals surface area contributed by atoms with Crippen molar-refractivity contribution in [1.82, 2.24) is 14.7 Å². The highest BCUT2D eigenvalue weighted by Crippen LogP contribution is 2.45. The molecule has 0 aliphatic carbocycles. The number of fused-ring (bicyclic) bond motifs is 1. The zero-order valence-electron chi connectivity index (χ0n) is 14.2. The Morgan fingerprint density at radius 3 is 2.39 bits per heavy atom. The van der Waals surface area contributed by atoms with Crippen LogP contribution in [0.15, 0.2) is 30.3 Å². The summed E-state index contributed by atoms with van der Waals surface area (Å²) < 4.78 is 0. The second kappa shape index (κ2) is 5.87. The third-order valence-electron chi connectivity index (χ3n) is 5.44. The van der Waals surface area contributed by atoms with E-state index in [1.165, 1.54) is 5.56 Å². The third-order valence-corrected chi connectivity index (χ3v) is 5.44. The Morgan fingerprint density at radius 2 is 1.78 bits per heavy atom. The van der Waals surface area contributed by atoms with E-state index in [2.05, 4.69) is 24.3 Å². The van der Waals surface area contributed by atoms with Gasteiger partial charge in [-0.05, 0) is 18.4 Å². The van der Waals surface area contributed by atoms with E-state index >= 15 is 0 Å². The Labute approximate surface area is 137 Å². The number of hydrogen-bond donors (Lipinski definition) is 0. The van der Waals surface area contributed by atoms with Crippen LogP contribution >= 0.6 is 0 Å². The molecule has 1 aromatic carbocycles. The van der Waals surface area contributed by atoms with Crippen molar-refractivity contribution < 1.29 is 9.59 Å². The summed E-state index contributed by atoms with van der Waals surface area (Å²) in [6.07, 6.45) is 1.89. The zero-order valence-corrected chi connectivity index (χ0v) is 14.2. The fraction of sp³-hybridized carbons (Fsp3) is 0.556. The first kappa shape index (κ1) is 15.8. The molecule has 0 unspecified atom stereocenters. The fourth-order valence-electron chi connectivity index (χ4n) is 4.22. The Kier molecular flexibility index (Phi) is 4.04. The number of benzene rings is 1. The molecule has 2 aliphatic rings. The molecule has 3 rings (SSSR count). The maximum atomic E-state index is 12.4. The number of carbonyl (C=O) groups excluding carboxylic acids is 2. The van der Waals surface area contributed by atoms with Crippen molar-refractivity contribution in [3.05, 3.63) is 35.9 Å². The molecule has 5 heteroatoms. The molecular weight excluding hydrogens is 290 g/mol. The Balaban J connectivity index is 1.94. The predicted molar refractivity (Wildman–Crippen MR) is 89.2 cm³/mol. The SMILES string of the molecule is CC(=O)N1CC[C@]2(c3ccccc3)CCN(C(=O)N(C)C)C[C@@H]12. The lowest BCUT2D eigenvalue weighted by atomic mass is 9.69. The van der Waals surface area contributed by atoms with E-state index in [0.29, 0.717) is 6.54 Å². The highest BCUT2D eigenvalue weighted by Gasteiger charge is 2.52. The number of nitrogens with zero attached hydrogens (tertiary/aromatic N) is 3. The first-order valence-electron chi connectivity index (χ1n) is 8.25. The lowest BCUT2D eigenvalue weighted by Gasteiger charge is -2.46. The maximum Gasteiger partial charge on any atom is 0.319 e. The number of carbonyl (C=O) groups is 2. The molecule has 0 aromatic heterocycles. The van der Waals surface area contributed by atoms with Crippen LogP contribution in [-0.4, -0.2) is 66.4 Å². The van der Waals surface area contributed by atoms with Crippen molar-refractivity contribution in [2.45, 2.75) is 31.2 Å². The molecular formula is C18H25N3O2. The van der Waals surface area contributed by atoms with E-state index in [0.717, 1.165) is 25.9 Å². The summed E-state index contributed by atoms with van der Waals surface area (Å²) in [6, 6.07) is 10.6. The van der Waals surface area contributed by atoms with Gasteiger partial charge in [-0.2, -0.15) is 0 Å². The van der Waals surface area contributed by atoms with Crippen molar-refractivity contribution in [3.8, 4) is 0 Å². The van der Waals surface area contributed by atoms with Gasteiger partial charge in [-0.1, -0.05) is 30.3 Å². The summed E-state index contributed by atoms with van der Waals surface area (Å²) in [5, 5.41) is 0. The molecule has 2 atom stereocenters. The largest absolute Gasteiger partial charge is 0.337 e. The number of likely N-dealkylation sites (tertiary alicyclic amines) is 2. The van der Waals surface area contributed by atoms with Gasteiger partial charge >= 0.3 is 6.03 Å². The smallest absolute Gasteiger partial charge is 0.319 e. The standard InChI is InChI=1S/C18H25N3O2/c1-14(22)21-12-10-18(15-7-5-4-6-8-15)9-11-20(13-16(18)21)17(23)19(2)3/h4-8,16H,9-13H2,1-3H3/t16-,18+/m1/s1. The van der Waals surface area contributed by atoms with E-state index in [9.17, 15) is 9.59 Å². The van der Waals surface area contributed by atoms with Gasteiger partial charge in [-0.25, -0.2) is 4.79 Å². The number of rotatable bonds is 1. The number of piperidine rings is 1. The van der Waals surface area contributed by atoms with Gasteiger partial charge in [0, 0.05) is 46.1 Å². The van der Waals surface area contributed by atoms with Crippen molar-refractivity contribution >= 4 is 11.9 Å². The molecule has 2 fully saturated rings. The van der Waals surface area contributed by atoms with Crippen LogP contribution in [-0.2, 0) is 10.2 Å².